The number of nitrogens with zero attached hydrogens (tertiary/aromatic N) is 3. The zero-order valence-corrected chi connectivity index (χ0v) is 21.6. The van der Waals surface area contributed by atoms with Crippen molar-refractivity contribution in [3.8, 4) is 5.75 Å². The first-order valence-corrected chi connectivity index (χ1v) is 12.3. The number of hydrogen-bond donors (Lipinski definition) is 1. The predicted octanol–water partition coefficient (Wildman–Crippen LogP) is 2.84. The third-order valence-electron chi connectivity index (χ3n) is 6.34. The first-order chi connectivity index (χ1) is 18.0. The van der Waals surface area contributed by atoms with Gasteiger partial charge in [-0.3, -0.25) is 19.4 Å². The smallest absolute Gasteiger partial charge is 0.276 e. The Labute approximate surface area is 215 Å². The van der Waals surface area contributed by atoms with Gasteiger partial charge in [0, 0.05) is 26.3 Å². The van der Waals surface area contributed by atoms with Gasteiger partial charge < -0.3 is 23.7 Å². The minimum Gasteiger partial charge on any atom is -0.497 e. The summed E-state index contributed by atoms with van der Waals surface area (Å²) in [6, 6.07) is 18.9. The summed E-state index contributed by atoms with van der Waals surface area (Å²) in [5.41, 5.74) is 2.58. The minimum atomic E-state index is -0.209. The van der Waals surface area contributed by atoms with E-state index in [1.54, 1.807) is 23.5 Å². The van der Waals surface area contributed by atoms with E-state index >= 15 is 0 Å². The Hall–Kier alpha value is -3.66. The van der Waals surface area contributed by atoms with Gasteiger partial charge >= 0.3 is 0 Å². The van der Waals surface area contributed by atoms with Crippen molar-refractivity contribution in [1.82, 2.24) is 19.2 Å². The van der Waals surface area contributed by atoms with E-state index in [-0.39, 0.29) is 17.7 Å². The van der Waals surface area contributed by atoms with Crippen LogP contribution in [0.5, 0.6) is 5.75 Å². The highest BCUT2D eigenvalue weighted by atomic mass is 16.5. The predicted molar refractivity (Wildman–Crippen MR) is 143 cm³/mol. The second-order valence-corrected chi connectivity index (χ2v) is 9.00. The number of methoxy groups -OCH3 is 2. The fourth-order valence-electron chi connectivity index (χ4n) is 4.26. The van der Waals surface area contributed by atoms with Crippen LogP contribution in [0.15, 0.2) is 70.3 Å². The lowest BCUT2D eigenvalue weighted by Gasteiger charge is -2.15. The van der Waals surface area contributed by atoms with Gasteiger partial charge in [0.25, 0.3) is 11.1 Å². The molecular formula is C28H34N4O5. The van der Waals surface area contributed by atoms with Crippen molar-refractivity contribution in [3.05, 3.63) is 98.2 Å². The monoisotopic (exact) mass is 506 g/mol. The Bertz CT molecular complexity index is 1420. The molecular weight excluding hydrogens is 472 g/mol. The average molecular weight is 507 g/mol. The number of aromatic amines is 1. The highest BCUT2D eigenvalue weighted by Gasteiger charge is 2.18. The summed E-state index contributed by atoms with van der Waals surface area (Å²) < 4.78 is 19.7. The molecule has 0 radical (unpaired) electrons. The van der Waals surface area contributed by atoms with Crippen molar-refractivity contribution >= 4 is 10.9 Å². The van der Waals surface area contributed by atoms with Gasteiger partial charge in [-0.2, -0.15) is 0 Å². The van der Waals surface area contributed by atoms with Gasteiger partial charge in [0.1, 0.15) is 5.75 Å². The molecule has 0 amide bonds. The Balaban J connectivity index is 1.69. The summed E-state index contributed by atoms with van der Waals surface area (Å²) in [6.07, 6.45) is 0. The number of ether oxygens (including phenoxy) is 3. The van der Waals surface area contributed by atoms with E-state index in [2.05, 4.69) is 10.00 Å². The second kappa shape index (κ2) is 12.5. The lowest BCUT2D eigenvalue weighted by Crippen LogP contribution is -2.30. The summed E-state index contributed by atoms with van der Waals surface area (Å²) in [4.78, 5) is 28.9. The lowest BCUT2D eigenvalue weighted by atomic mass is 10.1. The minimum absolute atomic E-state index is 0.117. The maximum absolute atomic E-state index is 13.5. The van der Waals surface area contributed by atoms with Crippen LogP contribution >= 0.6 is 0 Å². The van der Waals surface area contributed by atoms with Gasteiger partial charge in [0.05, 0.1) is 56.6 Å². The van der Waals surface area contributed by atoms with Gasteiger partial charge in [-0.1, -0.05) is 42.5 Å². The van der Waals surface area contributed by atoms with Crippen LogP contribution in [-0.4, -0.2) is 60.2 Å². The summed E-state index contributed by atoms with van der Waals surface area (Å²) in [7, 11) is 5.25. The molecule has 0 unspecified atom stereocenters. The number of pyridine rings is 1. The van der Waals surface area contributed by atoms with Crippen LogP contribution in [0.2, 0.25) is 0 Å². The van der Waals surface area contributed by atoms with Crippen LogP contribution in [-0.2, 0) is 35.8 Å². The van der Waals surface area contributed by atoms with E-state index in [0.29, 0.717) is 55.2 Å². The van der Waals surface area contributed by atoms with E-state index in [1.165, 1.54) is 6.07 Å². The molecule has 0 saturated carbocycles. The standard InChI is InChI=1S/C28H34N4O5/c1-30(14-15-35-2)12-13-32-28(34)27-24(29-32)17-26(33)31(18-22-10-7-11-23(16-22)36-3)25(27)20-37-19-21-8-5-4-6-9-21/h4-11,16-17,29H,12-15,18-20H2,1-3H3. The Kier molecular flexibility index (Phi) is 8.95. The van der Waals surface area contributed by atoms with E-state index in [0.717, 1.165) is 17.7 Å². The molecule has 2 aromatic carbocycles. The van der Waals surface area contributed by atoms with Crippen LogP contribution in [0.1, 0.15) is 16.8 Å². The third kappa shape index (κ3) is 6.56. The van der Waals surface area contributed by atoms with E-state index in [4.69, 9.17) is 14.2 Å². The maximum Gasteiger partial charge on any atom is 0.276 e. The zero-order chi connectivity index (χ0) is 26.2. The van der Waals surface area contributed by atoms with Crippen molar-refractivity contribution in [3.63, 3.8) is 0 Å². The van der Waals surface area contributed by atoms with Crippen LogP contribution in [0.25, 0.3) is 10.9 Å². The Morgan fingerprint density at radius 3 is 2.46 bits per heavy atom. The van der Waals surface area contributed by atoms with Crippen LogP contribution in [0.3, 0.4) is 0 Å². The second-order valence-electron chi connectivity index (χ2n) is 9.00. The van der Waals surface area contributed by atoms with Gasteiger partial charge in [0.2, 0.25) is 0 Å². The molecule has 0 aliphatic rings. The Morgan fingerprint density at radius 2 is 1.70 bits per heavy atom. The average Bonchev–Trinajstić information content (AvgIpc) is 3.23. The van der Waals surface area contributed by atoms with Crippen molar-refractivity contribution < 1.29 is 14.2 Å². The first kappa shape index (κ1) is 26.4. The van der Waals surface area contributed by atoms with Crippen LogP contribution < -0.4 is 15.9 Å². The lowest BCUT2D eigenvalue weighted by molar-refractivity contribution is 0.103. The van der Waals surface area contributed by atoms with E-state index in [9.17, 15) is 9.59 Å². The van der Waals surface area contributed by atoms with Crippen molar-refractivity contribution in [1.29, 1.82) is 0 Å². The number of rotatable bonds is 13. The third-order valence-corrected chi connectivity index (χ3v) is 6.34. The molecule has 9 heteroatoms. The number of aromatic nitrogens is 3. The normalized spacial score (nSPS) is 11.5. The number of H-pyrrole nitrogens is 1. The summed E-state index contributed by atoms with van der Waals surface area (Å²) in [6.45, 7) is 3.27. The number of fused-ring (bicyclic) bond motifs is 1. The largest absolute Gasteiger partial charge is 0.497 e. The highest BCUT2D eigenvalue weighted by molar-refractivity contribution is 5.80. The molecule has 0 atom stereocenters. The zero-order valence-electron chi connectivity index (χ0n) is 21.6. The van der Waals surface area contributed by atoms with Crippen molar-refractivity contribution in [2.24, 2.45) is 0 Å². The maximum atomic E-state index is 13.5. The SMILES string of the molecule is COCCN(C)CCn1[nH]c2cc(=O)n(Cc3cccc(OC)c3)c(COCc3ccccc3)c2c1=O. The number of nitrogens with one attached hydrogen (secondary N) is 1. The van der Waals surface area contributed by atoms with Gasteiger partial charge in [-0.05, 0) is 30.3 Å². The molecule has 0 spiro atoms. The molecule has 0 fully saturated rings. The van der Waals surface area contributed by atoms with Crippen molar-refractivity contribution in [2.45, 2.75) is 26.3 Å². The quantitative estimate of drug-likeness (QED) is 0.300. The van der Waals surface area contributed by atoms with Gasteiger partial charge in [-0.25, -0.2) is 0 Å². The molecule has 9 nitrogen and oxygen atoms in total. The number of hydrogen-bond acceptors (Lipinski definition) is 6. The molecule has 196 valence electrons. The molecule has 2 heterocycles. The van der Waals surface area contributed by atoms with Crippen LogP contribution in [0.4, 0.5) is 0 Å². The molecule has 0 aliphatic heterocycles. The Morgan fingerprint density at radius 1 is 0.919 bits per heavy atom. The van der Waals surface area contributed by atoms with Gasteiger partial charge in [0.15, 0.2) is 0 Å². The fourth-order valence-corrected chi connectivity index (χ4v) is 4.26. The topological polar surface area (TPSA) is 90.7 Å². The fraction of sp³-hybridized carbons (Fsp3) is 0.357. The first-order valence-electron chi connectivity index (χ1n) is 12.3. The van der Waals surface area contributed by atoms with Crippen LogP contribution in [0, 0.1) is 0 Å². The molecule has 4 rings (SSSR count). The molecule has 37 heavy (non-hydrogen) atoms. The van der Waals surface area contributed by atoms with Crippen molar-refractivity contribution in [2.75, 3.05) is 41.0 Å². The molecule has 4 aromatic rings. The molecule has 0 saturated heterocycles. The molecule has 0 aliphatic carbocycles. The number of likely N-dealkylation sites (N-methyl/N-ethyl adjacent to an activating group) is 1. The molecule has 2 aromatic heterocycles. The number of benzene rings is 2. The summed E-state index contributed by atoms with van der Waals surface area (Å²) >= 11 is 0. The van der Waals surface area contributed by atoms with Gasteiger partial charge in [-0.15, -0.1) is 0 Å². The molecule has 0 bridgehead atoms. The molecule has 1 N–H and O–H groups in total. The van der Waals surface area contributed by atoms with E-state index < -0.39 is 0 Å². The van der Waals surface area contributed by atoms with E-state index in [1.807, 2.05) is 61.6 Å². The summed E-state index contributed by atoms with van der Waals surface area (Å²) in [5, 5.41) is 3.60. The highest BCUT2D eigenvalue weighted by Crippen LogP contribution is 2.18. The summed E-state index contributed by atoms with van der Waals surface area (Å²) in [5.74, 6) is 0.704.